The first-order chi connectivity index (χ1) is 13.7. The van der Waals surface area contributed by atoms with Crippen LogP contribution < -0.4 is 0 Å². The number of likely N-dealkylation sites (tertiary alicyclic amines) is 1. The van der Waals surface area contributed by atoms with E-state index in [1.54, 1.807) is 4.90 Å². The summed E-state index contributed by atoms with van der Waals surface area (Å²) in [6.07, 6.45) is 0.728. The van der Waals surface area contributed by atoms with E-state index in [0.717, 1.165) is 11.1 Å². The minimum Gasteiger partial charge on any atom is -0.455 e. The Morgan fingerprint density at radius 2 is 1.90 bits per heavy atom. The van der Waals surface area contributed by atoms with Crippen LogP contribution in [0.25, 0.3) is 11.4 Å². The fourth-order valence-electron chi connectivity index (χ4n) is 3.12. The van der Waals surface area contributed by atoms with Gasteiger partial charge in [-0.05, 0) is 46.1 Å². The fraction of sp³-hybridized carbons (Fsp3) is 0.524. The van der Waals surface area contributed by atoms with Gasteiger partial charge in [-0.2, -0.15) is 4.98 Å². The Hall–Kier alpha value is -2.90. The normalized spacial score (nSPS) is 15.2. The fourth-order valence-corrected chi connectivity index (χ4v) is 3.12. The molecule has 1 aromatic heterocycles. The summed E-state index contributed by atoms with van der Waals surface area (Å²) in [4.78, 5) is 30.4. The van der Waals surface area contributed by atoms with Crippen LogP contribution in [0.2, 0.25) is 0 Å². The molecule has 8 heteroatoms. The van der Waals surface area contributed by atoms with E-state index >= 15 is 0 Å². The molecule has 0 saturated carbocycles. The monoisotopic (exact) mass is 401 g/mol. The van der Waals surface area contributed by atoms with E-state index in [-0.39, 0.29) is 30.5 Å². The summed E-state index contributed by atoms with van der Waals surface area (Å²) in [5, 5.41) is 3.96. The number of carbonyl (C=O) groups excluding carboxylic acids is 2. The Balaban J connectivity index is 1.48. The Morgan fingerprint density at radius 3 is 2.55 bits per heavy atom. The van der Waals surface area contributed by atoms with Crippen molar-refractivity contribution < 1.29 is 23.6 Å². The zero-order valence-corrected chi connectivity index (χ0v) is 17.3. The van der Waals surface area contributed by atoms with Crippen molar-refractivity contribution in [2.45, 2.75) is 52.7 Å². The molecule has 1 fully saturated rings. The van der Waals surface area contributed by atoms with Crippen LogP contribution >= 0.6 is 0 Å². The van der Waals surface area contributed by atoms with Gasteiger partial charge in [-0.1, -0.05) is 29.4 Å². The molecule has 0 atom stereocenters. The summed E-state index contributed by atoms with van der Waals surface area (Å²) in [5.41, 5.74) is 1.38. The van der Waals surface area contributed by atoms with Gasteiger partial charge in [-0.15, -0.1) is 0 Å². The molecule has 1 saturated heterocycles. The van der Waals surface area contributed by atoms with Gasteiger partial charge in [0.1, 0.15) is 5.60 Å². The third-order valence-electron chi connectivity index (χ3n) is 4.67. The lowest BCUT2D eigenvalue weighted by Crippen LogP contribution is -2.43. The van der Waals surface area contributed by atoms with Crippen molar-refractivity contribution in [3.05, 3.63) is 35.7 Å². The molecule has 1 aliphatic rings. The number of ether oxygens (including phenoxy) is 2. The SMILES string of the molecule is Cc1ccccc1-c1noc(COC(=O)C2CCN(C(=O)OC(C)(C)C)CC2)n1. The molecule has 2 aromatic rings. The molecule has 8 nitrogen and oxygen atoms in total. The molecule has 0 bridgehead atoms. The van der Waals surface area contributed by atoms with Crippen molar-refractivity contribution >= 4 is 12.1 Å². The topological polar surface area (TPSA) is 94.8 Å². The zero-order valence-electron chi connectivity index (χ0n) is 17.3. The number of carbonyl (C=O) groups is 2. The Kier molecular flexibility index (Phi) is 6.20. The van der Waals surface area contributed by atoms with Gasteiger partial charge in [-0.25, -0.2) is 4.79 Å². The minimum absolute atomic E-state index is 0.0655. The highest BCUT2D eigenvalue weighted by Gasteiger charge is 2.31. The van der Waals surface area contributed by atoms with Crippen LogP contribution in [-0.4, -0.2) is 45.8 Å². The number of aromatic nitrogens is 2. The largest absolute Gasteiger partial charge is 0.455 e. The molecule has 1 amide bonds. The lowest BCUT2D eigenvalue weighted by molar-refractivity contribution is -0.152. The first-order valence-corrected chi connectivity index (χ1v) is 9.76. The average molecular weight is 401 g/mol. The number of esters is 1. The second kappa shape index (κ2) is 8.63. The van der Waals surface area contributed by atoms with Crippen molar-refractivity contribution in [2.24, 2.45) is 5.92 Å². The molecular formula is C21H27N3O5. The number of amides is 1. The van der Waals surface area contributed by atoms with Gasteiger partial charge in [0.25, 0.3) is 5.89 Å². The minimum atomic E-state index is -0.534. The summed E-state index contributed by atoms with van der Waals surface area (Å²) >= 11 is 0. The van der Waals surface area contributed by atoms with Gasteiger partial charge in [-0.3, -0.25) is 4.79 Å². The first kappa shape index (κ1) is 20.8. The smallest absolute Gasteiger partial charge is 0.410 e. The van der Waals surface area contributed by atoms with Crippen LogP contribution in [0.4, 0.5) is 4.79 Å². The van der Waals surface area contributed by atoms with Crippen molar-refractivity contribution in [3.8, 4) is 11.4 Å². The van der Waals surface area contributed by atoms with Crippen LogP contribution in [0, 0.1) is 12.8 Å². The molecule has 0 radical (unpaired) electrons. The van der Waals surface area contributed by atoms with E-state index in [4.69, 9.17) is 14.0 Å². The maximum Gasteiger partial charge on any atom is 0.410 e. The summed E-state index contributed by atoms with van der Waals surface area (Å²) in [6.45, 7) is 8.32. The quantitative estimate of drug-likeness (QED) is 0.720. The van der Waals surface area contributed by atoms with E-state index in [2.05, 4.69) is 10.1 Å². The van der Waals surface area contributed by atoms with Gasteiger partial charge >= 0.3 is 12.1 Å². The van der Waals surface area contributed by atoms with Gasteiger partial charge in [0.2, 0.25) is 5.82 Å². The molecular weight excluding hydrogens is 374 g/mol. The van der Waals surface area contributed by atoms with Crippen LogP contribution in [0.1, 0.15) is 45.1 Å². The second-order valence-corrected chi connectivity index (χ2v) is 8.18. The summed E-state index contributed by atoms with van der Waals surface area (Å²) in [7, 11) is 0. The van der Waals surface area contributed by atoms with Crippen LogP contribution in [0.3, 0.4) is 0 Å². The Labute approximate surface area is 170 Å². The van der Waals surface area contributed by atoms with Crippen molar-refractivity contribution in [1.29, 1.82) is 0 Å². The zero-order chi connectivity index (χ0) is 21.0. The van der Waals surface area contributed by atoms with E-state index in [0.29, 0.717) is 31.8 Å². The van der Waals surface area contributed by atoms with Crippen molar-refractivity contribution in [1.82, 2.24) is 15.0 Å². The predicted molar refractivity (Wildman–Crippen MR) is 105 cm³/mol. The number of rotatable bonds is 4. The highest BCUT2D eigenvalue weighted by molar-refractivity contribution is 5.73. The number of hydrogen-bond acceptors (Lipinski definition) is 7. The van der Waals surface area contributed by atoms with Gasteiger partial charge in [0.05, 0.1) is 5.92 Å². The molecule has 29 heavy (non-hydrogen) atoms. The van der Waals surface area contributed by atoms with E-state index in [1.807, 2.05) is 52.0 Å². The third kappa shape index (κ3) is 5.56. The number of nitrogens with zero attached hydrogens (tertiary/aromatic N) is 3. The van der Waals surface area contributed by atoms with E-state index in [1.165, 1.54) is 0 Å². The third-order valence-corrected chi connectivity index (χ3v) is 4.67. The molecule has 3 rings (SSSR count). The average Bonchev–Trinajstić information content (AvgIpc) is 3.14. The highest BCUT2D eigenvalue weighted by atomic mass is 16.6. The summed E-state index contributed by atoms with van der Waals surface area (Å²) in [5.74, 6) is 0.152. The van der Waals surface area contributed by atoms with Gasteiger partial charge < -0.3 is 18.9 Å². The molecule has 0 spiro atoms. The molecule has 1 aromatic carbocycles. The molecule has 2 heterocycles. The lowest BCUT2D eigenvalue weighted by atomic mass is 9.97. The van der Waals surface area contributed by atoms with Crippen LogP contribution in [0.15, 0.2) is 28.8 Å². The predicted octanol–water partition coefficient (Wildman–Crippen LogP) is 3.74. The molecule has 1 aliphatic heterocycles. The maximum atomic E-state index is 12.4. The first-order valence-electron chi connectivity index (χ1n) is 9.76. The van der Waals surface area contributed by atoms with Crippen molar-refractivity contribution in [3.63, 3.8) is 0 Å². The molecule has 0 aliphatic carbocycles. The van der Waals surface area contributed by atoms with Gasteiger partial charge in [0.15, 0.2) is 6.61 Å². The number of aryl methyl sites for hydroxylation is 1. The summed E-state index contributed by atoms with van der Waals surface area (Å²) in [6, 6.07) is 7.72. The van der Waals surface area contributed by atoms with E-state index in [9.17, 15) is 9.59 Å². The number of hydrogen-bond donors (Lipinski definition) is 0. The molecule has 156 valence electrons. The van der Waals surface area contributed by atoms with Crippen LogP contribution in [0.5, 0.6) is 0 Å². The van der Waals surface area contributed by atoms with Crippen molar-refractivity contribution in [2.75, 3.05) is 13.1 Å². The van der Waals surface area contributed by atoms with E-state index < -0.39 is 5.60 Å². The number of benzene rings is 1. The highest BCUT2D eigenvalue weighted by Crippen LogP contribution is 2.22. The number of piperidine rings is 1. The molecule has 0 N–H and O–H groups in total. The maximum absolute atomic E-state index is 12.4. The second-order valence-electron chi connectivity index (χ2n) is 8.18. The van der Waals surface area contributed by atoms with Gasteiger partial charge in [0, 0.05) is 18.7 Å². The summed E-state index contributed by atoms with van der Waals surface area (Å²) < 4.78 is 15.9. The molecule has 0 unspecified atom stereocenters. The lowest BCUT2D eigenvalue weighted by Gasteiger charge is -2.32. The van der Waals surface area contributed by atoms with Crippen LogP contribution in [-0.2, 0) is 20.9 Å². The Morgan fingerprint density at radius 1 is 1.21 bits per heavy atom. The standard InChI is InChI=1S/C21H27N3O5/c1-14-7-5-6-8-16(14)18-22-17(29-23-18)13-27-19(25)15-9-11-24(12-10-15)20(26)28-21(2,3)4/h5-8,15H,9-13H2,1-4H3. The Bertz CT molecular complexity index is 863.